The summed E-state index contributed by atoms with van der Waals surface area (Å²) < 4.78 is 0. The first-order valence-corrected chi connectivity index (χ1v) is 8.56. The fourth-order valence-corrected chi connectivity index (χ4v) is 2.67. The van der Waals surface area contributed by atoms with E-state index in [0.29, 0.717) is 0 Å². The van der Waals surface area contributed by atoms with E-state index in [9.17, 15) is 4.79 Å². The number of nitrogen functional groups attached to an aromatic ring is 1. The molecule has 1 aromatic rings. The number of hydrogen-bond acceptors (Lipinski definition) is 3. The lowest BCUT2D eigenvalue weighted by molar-refractivity contribution is 0.620. The molecule has 0 aliphatic rings. The zero-order chi connectivity index (χ0) is 15.5. The molecule has 0 saturated carbocycles. The number of anilines is 1. The number of H-pyrrole nitrogens is 1. The molecule has 4 heteroatoms. The summed E-state index contributed by atoms with van der Waals surface area (Å²) in [5.74, 6) is 0.251. The molecule has 120 valence electrons. The lowest BCUT2D eigenvalue weighted by Gasteiger charge is -2.09. The molecule has 0 fully saturated rings. The molecule has 0 bridgehead atoms. The third-order valence-corrected chi connectivity index (χ3v) is 3.93. The summed E-state index contributed by atoms with van der Waals surface area (Å²) in [6.45, 7) is 4.41. The molecule has 0 amide bonds. The molecule has 21 heavy (non-hydrogen) atoms. The number of rotatable bonds is 11. The van der Waals surface area contributed by atoms with Gasteiger partial charge < -0.3 is 10.7 Å². The van der Waals surface area contributed by atoms with Crippen molar-refractivity contribution < 1.29 is 0 Å². The summed E-state index contributed by atoms with van der Waals surface area (Å²) in [5.41, 5.74) is 7.43. The normalized spacial score (nSPS) is 11.0. The second-order valence-corrected chi connectivity index (χ2v) is 5.86. The van der Waals surface area contributed by atoms with Gasteiger partial charge in [0.1, 0.15) is 0 Å². The second-order valence-electron chi connectivity index (χ2n) is 5.86. The summed E-state index contributed by atoms with van der Waals surface area (Å²) in [5, 5.41) is 0. The smallest absolute Gasteiger partial charge is 0.277 e. The lowest BCUT2D eigenvalue weighted by Crippen LogP contribution is -2.20. The van der Waals surface area contributed by atoms with Crippen LogP contribution < -0.4 is 11.3 Å². The van der Waals surface area contributed by atoms with Crippen LogP contribution in [0.1, 0.15) is 82.9 Å². The molecule has 0 radical (unpaired) electrons. The largest absolute Gasteiger partial charge is 0.369 e. The van der Waals surface area contributed by atoms with Crippen molar-refractivity contribution in [2.24, 2.45) is 0 Å². The van der Waals surface area contributed by atoms with E-state index < -0.39 is 0 Å². The van der Waals surface area contributed by atoms with Crippen LogP contribution in [0.25, 0.3) is 0 Å². The molecule has 0 spiro atoms. The average Bonchev–Trinajstić information content (AvgIpc) is 2.45. The minimum absolute atomic E-state index is 0.133. The number of aromatic amines is 1. The lowest BCUT2D eigenvalue weighted by atomic mass is 10.0. The zero-order valence-corrected chi connectivity index (χ0v) is 13.7. The molecule has 0 aliphatic carbocycles. The highest BCUT2D eigenvalue weighted by molar-refractivity contribution is 5.25. The quantitative estimate of drug-likeness (QED) is 0.606. The summed E-state index contributed by atoms with van der Waals surface area (Å²) >= 11 is 0. The molecule has 1 rings (SSSR count). The first-order chi connectivity index (χ1) is 10.2. The van der Waals surface area contributed by atoms with E-state index in [1.165, 1.54) is 44.9 Å². The molecule has 3 N–H and O–H groups in total. The molecular weight excluding hydrogens is 262 g/mol. The number of aromatic nitrogens is 2. The number of nitrogens with zero attached hydrogens (tertiary/aromatic N) is 1. The predicted octanol–water partition coefficient (Wildman–Crippen LogP) is 3.99. The number of nitrogens with one attached hydrogen (secondary N) is 1. The Morgan fingerprint density at radius 2 is 1.48 bits per heavy atom. The van der Waals surface area contributed by atoms with Gasteiger partial charge >= 0.3 is 0 Å². The van der Waals surface area contributed by atoms with Gasteiger partial charge in [0.2, 0.25) is 5.95 Å². The Bertz CT molecular complexity index is 454. The number of nitrogens with two attached hydrogens (primary N) is 1. The van der Waals surface area contributed by atoms with E-state index in [-0.39, 0.29) is 11.5 Å². The molecular formula is C17H31N3O. The second kappa shape index (κ2) is 10.4. The Hall–Kier alpha value is -1.32. The molecule has 0 unspecified atom stereocenters. The van der Waals surface area contributed by atoms with Crippen molar-refractivity contribution in [2.45, 2.75) is 84.5 Å². The Balaban J connectivity index is 2.60. The SMILES string of the molecule is CCCCCCCc1[nH]c(N)nc(=O)c1CCCCCC. The predicted molar refractivity (Wildman–Crippen MR) is 89.6 cm³/mol. The zero-order valence-electron chi connectivity index (χ0n) is 13.7. The summed E-state index contributed by atoms with van der Waals surface area (Å²) in [4.78, 5) is 19.0. The maximum atomic E-state index is 12.0. The summed E-state index contributed by atoms with van der Waals surface area (Å²) in [6.07, 6.45) is 12.6. The monoisotopic (exact) mass is 293 g/mol. The number of hydrogen-bond donors (Lipinski definition) is 2. The number of unbranched alkanes of at least 4 members (excludes halogenated alkanes) is 7. The van der Waals surface area contributed by atoms with Crippen molar-refractivity contribution in [3.05, 3.63) is 21.6 Å². The highest BCUT2D eigenvalue weighted by Gasteiger charge is 2.10. The van der Waals surface area contributed by atoms with Crippen molar-refractivity contribution in [1.29, 1.82) is 0 Å². The molecule has 0 aromatic carbocycles. The van der Waals surface area contributed by atoms with Gasteiger partial charge in [-0.05, 0) is 25.7 Å². The van der Waals surface area contributed by atoms with Crippen molar-refractivity contribution in [3.8, 4) is 0 Å². The van der Waals surface area contributed by atoms with Gasteiger partial charge in [0.15, 0.2) is 0 Å². The van der Waals surface area contributed by atoms with Gasteiger partial charge in [0.25, 0.3) is 5.56 Å². The van der Waals surface area contributed by atoms with Crippen molar-refractivity contribution in [3.63, 3.8) is 0 Å². The maximum Gasteiger partial charge on any atom is 0.277 e. The van der Waals surface area contributed by atoms with Crippen LogP contribution in [0.2, 0.25) is 0 Å². The Kier molecular flexibility index (Phi) is 8.79. The van der Waals surface area contributed by atoms with E-state index >= 15 is 0 Å². The molecule has 4 nitrogen and oxygen atoms in total. The van der Waals surface area contributed by atoms with Crippen LogP contribution in [0.4, 0.5) is 5.95 Å². The molecule has 0 aliphatic heterocycles. The van der Waals surface area contributed by atoms with Crippen molar-refractivity contribution in [1.82, 2.24) is 9.97 Å². The molecule has 1 heterocycles. The molecule has 0 saturated heterocycles. The Morgan fingerprint density at radius 3 is 2.14 bits per heavy atom. The van der Waals surface area contributed by atoms with Gasteiger partial charge in [-0.15, -0.1) is 0 Å². The van der Waals surface area contributed by atoms with Gasteiger partial charge in [-0.2, -0.15) is 4.98 Å². The van der Waals surface area contributed by atoms with Crippen LogP contribution in [0.15, 0.2) is 4.79 Å². The van der Waals surface area contributed by atoms with E-state index in [1.807, 2.05) is 0 Å². The van der Waals surface area contributed by atoms with Gasteiger partial charge in [0.05, 0.1) is 0 Å². The van der Waals surface area contributed by atoms with Crippen molar-refractivity contribution in [2.75, 3.05) is 5.73 Å². The highest BCUT2D eigenvalue weighted by Crippen LogP contribution is 2.13. The van der Waals surface area contributed by atoms with Gasteiger partial charge in [-0.3, -0.25) is 4.79 Å². The van der Waals surface area contributed by atoms with E-state index in [1.54, 1.807) is 0 Å². The fourth-order valence-electron chi connectivity index (χ4n) is 2.67. The van der Waals surface area contributed by atoms with Crippen LogP contribution in [0.5, 0.6) is 0 Å². The molecule has 1 aromatic heterocycles. The van der Waals surface area contributed by atoms with Crippen LogP contribution in [0, 0.1) is 0 Å². The van der Waals surface area contributed by atoms with Crippen LogP contribution in [-0.2, 0) is 12.8 Å². The van der Waals surface area contributed by atoms with Crippen LogP contribution in [-0.4, -0.2) is 9.97 Å². The summed E-state index contributed by atoms with van der Waals surface area (Å²) in [7, 11) is 0. The molecule has 0 atom stereocenters. The minimum Gasteiger partial charge on any atom is -0.369 e. The van der Waals surface area contributed by atoms with E-state index in [4.69, 9.17) is 5.73 Å². The topological polar surface area (TPSA) is 71.8 Å². The van der Waals surface area contributed by atoms with Crippen LogP contribution in [0.3, 0.4) is 0 Å². The average molecular weight is 293 g/mol. The third kappa shape index (κ3) is 6.78. The highest BCUT2D eigenvalue weighted by atomic mass is 16.1. The first kappa shape index (κ1) is 17.7. The first-order valence-electron chi connectivity index (χ1n) is 8.56. The Morgan fingerprint density at radius 1 is 0.905 bits per heavy atom. The van der Waals surface area contributed by atoms with E-state index in [2.05, 4.69) is 23.8 Å². The van der Waals surface area contributed by atoms with E-state index in [0.717, 1.165) is 36.9 Å². The summed E-state index contributed by atoms with van der Waals surface area (Å²) in [6, 6.07) is 0. The third-order valence-electron chi connectivity index (χ3n) is 3.93. The van der Waals surface area contributed by atoms with Crippen molar-refractivity contribution >= 4 is 5.95 Å². The van der Waals surface area contributed by atoms with Gasteiger partial charge in [-0.25, -0.2) is 0 Å². The van der Waals surface area contributed by atoms with Gasteiger partial charge in [0, 0.05) is 11.3 Å². The van der Waals surface area contributed by atoms with Gasteiger partial charge in [-0.1, -0.05) is 58.8 Å². The standard InChI is InChI=1S/C17H31N3O/c1-3-5-7-9-11-13-15-14(12-10-8-6-4-2)16(21)20-17(18)19-15/h3-13H2,1-2H3,(H3,18,19,20,21). The number of aryl methyl sites for hydroxylation is 1. The Labute approximate surface area is 128 Å². The maximum absolute atomic E-state index is 12.0. The van der Waals surface area contributed by atoms with Crippen LogP contribution >= 0.6 is 0 Å². The minimum atomic E-state index is -0.133. The fraction of sp³-hybridized carbons (Fsp3) is 0.765.